The van der Waals surface area contributed by atoms with E-state index in [1.165, 1.54) is 0 Å². The van der Waals surface area contributed by atoms with Crippen LogP contribution in [-0.4, -0.2) is 39.7 Å². The highest BCUT2D eigenvalue weighted by atomic mass is 16.6. The summed E-state index contributed by atoms with van der Waals surface area (Å²) in [6, 6.07) is 13.1. The van der Waals surface area contributed by atoms with Crippen LogP contribution in [0.3, 0.4) is 0 Å². The molecule has 7 heteroatoms. The minimum atomic E-state index is -0.216. The first-order valence-electron chi connectivity index (χ1n) is 8.37. The summed E-state index contributed by atoms with van der Waals surface area (Å²) in [6.45, 7) is 0.943. The molecular formula is C19H18N4O3. The first-order chi connectivity index (χ1) is 12.8. The summed E-state index contributed by atoms with van der Waals surface area (Å²) in [7, 11) is 0. The third-order valence-electron chi connectivity index (χ3n) is 4.02. The number of amides is 1. The van der Waals surface area contributed by atoms with E-state index in [0.29, 0.717) is 24.7 Å². The summed E-state index contributed by atoms with van der Waals surface area (Å²) in [5.41, 5.74) is 0.728. The number of para-hydroxylation sites is 2. The molecule has 0 spiro atoms. The number of nitrogens with one attached hydrogen (secondary N) is 1. The standard InChI is InChI=1S/C19H18N4O3/c24-18(12-23-10-9-21-19(23)15-5-3-4-8-20-15)22-11-14-13-25-16-6-1-2-7-17(16)26-14/h1-10,14H,11-13H2,(H,22,24). The molecule has 0 aliphatic carbocycles. The zero-order valence-corrected chi connectivity index (χ0v) is 14.0. The fourth-order valence-electron chi connectivity index (χ4n) is 2.77. The Hall–Kier alpha value is -3.35. The number of ether oxygens (including phenoxy) is 2. The van der Waals surface area contributed by atoms with Gasteiger partial charge in [0, 0.05) is 18.6 Å². The molecule has 0 saturated carbocycles. The fraction of sp³-hybridized carbons (Fsp3) is 0.211. The van der Waals surface area contributed by atoms with Crippen LogP contribution >= 0.6 is 0 Å². The Balaban J connectivity index is 1.34. The van der Waals surface area contributed by atoms with Crippen LogP contribution in [0, 0.1) is 0 Å². The molecule has 1 aliphatic rings. The van der Waals surface area contributed by atoms with Gasteiger partial charge in [-0.15, -0.1) is 0 Å². The fourth-order valence-corrected chi connectivity index (χ4v) is 2.77. The molecule has 0 saturated heterocycles. The van der Waals surface area contributed by atoms with E-state index in [-0.39, 0.29) is 18.6 Å². The van der Waals surface area contributed by atoms with Crippen LogP contribution in [-0.2, 0) is 11.3 Å². The average Bonchev–Trinajstić information content (AvgIpc) is 3.15. The maximum absolute atomic E-state index is 12.3. The summed E-state index contributed by atoms with van der Waals surface area (Å²) in [4.78, 5) is 20.9. The van der Waals surface area contributed by atoms with Crippen LogP contribution in [0.2, 0.25) is 0 Å². The van der Waals surface area contributed by atoms with Gasteiger partial charge in [-0.25, -0.2) is 4.98 Å². The molecule has 1 N–H and O–H groups in total. The highest BCUT2D eigenvalue weighted by molar-refractivity contribution is 5.76. The lowest BCUT2D eigenvalue weighted by Gasteiger charge is -2.26. The first-order valence-corrected chi connectivity index (χ1v) is 8.37. The molecular weight excluding hydrogens is 332 g/mol. The van der Waals surface area contributed by atoms with Gasteiger partial charge in [-0.2, -0.15) is 0 Å². The largest absolute Gasteiger partial charge is 0.486 e. The number of rotatable bonds is 5. The van der Waals surface area contributed by atoms with Gasteiger partial charge in [-0.1, -0.05) is 18.2 Å². The lowest BCUT2D eigenvalue weighted by molar-refractivity contribution is -0.122. The van der Waals surface area contributed by atoms with Crippen molar-refractivity contribution in [3.05, 3.63) is 61.1 Å². The van der Waals surface area contributed by atoms with Crippen molar-refractivity contribution >= 4 is 5.91 Å². The predicted octanol–water partition coefficient (Wildman–Crippen LogP) is 1.90. The van der Waals surface area contributed by atoms with E-state index >= 15 is 0 Å². The molecule has 3 heterocycles. The van der Waals surface area contributed by atoms with Crippen LogP contribution < -0.4 is 14.8 Å². The molecule has 1 amide bonds. The lowest BCUT2D eigenvalue weighted by Crippen LogP contribution is -2.41. The second kappa shape index (κ2) is 7.26. The second-order valence-corrected chi connectivity index (χ2v) is 5.90. The molecule has 0 bridgehead atoms. The molecule has 132 valence electrons. The minimum absolute atomic E-state index is 0.123. The number of hydrogen-bond donors (Lipinski definition) is 1. The van der Waals surface area contributed by atoms with Gasteiger partial charge in [0.1, 0.15) is 24.9 Å². The number of pyridine rings is 1. The Morgan fingerprint density at radius 3 is 2.81 bits per heavy atom. The van der Waals surface area contributed by atoms with Crippen LogP contribution in [0.15, 0.2) is 61.1 Å². The van der Waals surface area contributed by atoms with Gasteiger partial charge in [0.25, 0.3) is 0 Å². The highest BCUT2D eigenvalue weighted by Crippen LogP contribution is 2.30. The smallest absolute Gasteiger partial charge is 0.240 e. The third-order valence-corrected chi connectivity index (χ3v) is 4.02. The summed E-state index contributed by atoms with van der Waals surface area (Å²) < 4.78 is 13.3. The van der Waals surface area contributed by atoms with E-state index in [9.17, 15) is 4.79 Å². The van der Waals surface area contributed by atoms with Crippen molar-refractivity contribution in [3.63, 3.8) is 0 Å². The number of carbonyl (C=O) groups excluding carboxylic acids is 1. The Kier molecular flexibility index (Phi) is 4.51. The van der Waals surface area contributed by atoms with Gasteiger partial charge in [0.15, 0.2) is 17.3 Å². The van der Waals surface area contributed by atoms with Gasteiger partial charge in [-0.05, 0) is 24.3 Å². The lowest BCUT2D eigenvalue weighted by atomic mass is 10.2. The molecule has 4 rings (SSSR count). The predicted molar refractivity (Wildman–Crippen MR) is 94.8 cm³/mol. The molecule has 1 atom stereocenters. The van der Waals surface area contributed by atoms with Crippen molar-refractivity contribution in [2.45, 2.75) is 12.6 Å². The zero-order chi connectivity index (χ0) is 17.8. The molecule has 1 aromatic carbocycles. The van der Waals surface area contributed by atoms with Crippen LogP contribution in [0.5, 0.6) is 11.5 Å². The number of benzene rings is 1. The number of carbonyl (C=O) groups is 1. The topological polar surface area (TPSA) is 78.3 Å². The summed E-state index contributed by atoms with van der Waals surface area (Å²) in [6.07, 6.45) is 4.91. The van der Waals surface area contributed by atoms with Gasteiger partial charge < -0.3 is 19.4 Å². The first kappa shape index (κ1) is 16.1. The van der Waals surface area contributed by atoms with Crippen molar-refractivity contribution < 1.29 is 14.3 Å². The monoisotopic (exact) mass is 350 g/mol. The minimum Gasteiger partial charge on any atom is -0.486 e. The van der Waals surface area contributed by atoms with Crippen molar-refractivity contribution in [3.8, 4) is 23.0 Å². The molecule has 1 aliphatic heterocycles. The van der Waals surface area contributed by atoms with Crippen LogP contribution in [0.25, 0.3) is 11.5 Å². The maximum atomic E-state index is 12.3. The van der Waals surface area contributed by atoms with E-state index in [1.807, 2.05) is 42.5 Å². The third kappa shape index (κ3) is 3.51. The number of aromatic nitrogens is 3. The summed E-state index contributed by atoms with van der Waals surface area (Å²) in [5, 5.41) is 2.89. The average molecular weight is 350 g/mol. The molecule has 3 aromatic rings. The Labute approximate surface area is 150 Å². The molecule has 2 aromatic heterocycles. The van der Waals surface area contributed by atoms with E-state index in [4.69, 9.17) is 9.47 Å². The van der Waals surface area contributed by atoms with Gasteiger partial charge in [0.05, 0.1) is 6.54 Å². The number of imidazole rings is 1. The van der Waals surface area contributed by atoms with Crippen molar-refractivity contribution in [2.24, 2.45) is 0 Å². The van der Waals surface area contributed by atoms with Crippen molar-refractivity contribution in [2.75, 3.05) is 13.2 Å². The van der Waals surface area contributed by atoms with Gasteiger partial charge >= 0.3 is 0 Å². The van der Waals surface area contributed by atoms with Crippen molar-refractivity contribution in [1.82, 2.24) is 19.9 Å². The van der Waals surface area contributed by atoms with E-state index in [1.54, 1.807) is 23.2 Å². The van der Waals surface area contributed by atoms with E-state index in [2.05, 4.69) is 15.3 Å². The number of fused-ring (bicyclic) bond motifs is 1. The molecule has 0 fully saturated rings. The maximum Gasteiger partial charge on any atom is 0.240 e. The molecule has 7 nitrogen and oxygen atoms in total. The molecule has 1 unspecified atom stereocenters. The Morgan fingerprint density at radius 2 is 1.96 bits per heavy atom. The number of hydrogen-bond acceptors (Lipinski definition) is 5. The van der Waals surface area contributed by atoms with Gasteiger partial charge in [-0.3, -0.25) is 9.78 Å². The number of nitrogens with zero attached hydrogens (tertiary/aromatic N) is 3. The van der Waals surface area contributed by atoms with Crippen LogP contribution in [0.1, 0.15) is 0 Å². The quantitative estimate of drug-likeness (QED) is 0.760. The highest BCUT2D eigenvalue weighted by Gasteiger charge is 2.21. The SMILES string of the molecule is O=C(Cn1ccnc1-c1ccccn1)NCC1COc2ccccc2O1. The second-order valence-electron chi connectivity index (χ2n) is 5.90. The van der Waals surface area contributed by atoms with Crippen LogP contribution in [0.4, 0.5) is 0 Å². The summed E-state index contributed by atoms with van der Waals surface area (Å²) >= 11 is 0. The molecule has 0 radical (unpaired) electrons. The van der Waals surface area contributed by atoms with Gasteiger partial charge in [0.2, 0.25) is 5.91 Å². The van der Waals surface area contributed by atoms with Crippen molar-refractivity contribution in [1.29, 1.82) is 0 Å². The zero-order valence-electron chi connectivity index (χ0n) is 14.0. The Bertz CT molecular complexity index is 895. The van der Waals surface area contributed by atoms with E-state index in [0.717, 1.165) is 11.4 Å². The Morgan fingerprint density at radius 1 is 1.12 bits per heavy atom. The van der Waals surface area contributed by atoms with E-state index < -0.39 is 0 Å². The normalized spacial score (nSPS) is 15.5. The summed E-state index contributed by atoms with van der Waals surface area (Å²) in [5.74, 6) is 1.97. The molecule has 26 heavy (non-hydrogen) atoms.